The van der Waals surface area contributed by atoms with Gasteiger partial charge >= 0.3 is 11.9 Å². The van der Waals surface area contributed by atoms with Gasteiger partial charge in [-0.3, -0.25) is 9.69 Å². The summed E-state index contributed by atoms with van der Waals surface area (Å²) in [4.78, 5) is 28.3. The third-order valence-electron chi connectivity index (χ3n) is 8.86. The fourth-order valence-electron chi connectivity index (χ4n) is 7.44. The molecule has 2 fully saturated rings. The molecule has 1 spiro atoms. The number of benzene rings is 1. The van der Waals surface area contributed by atoms with Gasteiger partial charge in [0.25, 0.3) is 0 Å². The quantitative estimate of drug-likeness (QED) is 0.494. The number of hydrogen-bond donors (Lipinski definition) is 1. The first-order valence-corrected chi connectivity index (χ1v) is 13.1. The van der Waals surface area contributed by atoms with Crippen molar-refractivity contribution < 1.29 is 33.6 Å². The number of hydrogen-bond acceptors (Lipinski definition) is 7. The minimum atomic E-state index is -1.48. The van der Waals surface area contributed by atoms with Crippen molar-refractivity contribution in [2.75, 3.05) is 19.9 Å². The number of nitrogens with zero attached hydrogens (tertiary/aromatic N) is 1. The van der Waals surface area contributed by atoms with Crippen molar-refractivity contribution in [3.63, 3.8) is 0 Å². The van der Waals surface area contributed by atoms with Crippen molar-refractivity contribution in [1.82, 2.24) is 4.90 Å². The van der Waals surface area contributed by atoms with Gasteiger partial charge in [0.15, 0.2) is 17.1 Å². The molecular formula is C28H35NO7. The molecule has 36 heavy (non-hydrogen) atoms. The summed E-state index contributed by atoms with van der Waals surface area (Å²) in [7, 11) is 0. The van der Waals surface area contributed by atoms with Crippen LogP contribution in [-0.2, 0) is 25.5 Å². The van der Waals surface area contributed by atoms with Gasteiger partial charge < -0.3 is 24.1 Å². The summed E-state index contributed by atoms with van der Waals surface area (Å²) in [5.41, 5.74) is 1.02. The molecule has 1 N–H and O–H groups in total. The second-order valence-corrected chi connectivity index (χ2v) is 11.7. The number of fused-ring (bicyclic) bond motifs is 3. The Bertz CT molecular complexity index is 1140. The molecule has 1 aromatic rings. The molecule has 0 radical (unpaired) electrons. The number of esters is 1. The molecule has 0 aromatic heterocycles. The Labute approximate surface area is 211 Å². The molecule has 6 rings (SSSR count). The first-order valence-electron chi connectivity index (χ1n) is 13.1. The van der Waals surface area contributed by atoms with Gasteiger partial charge in [0.1, 0.15) is 6.10 Å². The number of rotatable bonds is 4. The number of carbonyl (C=O) groups excluding carboxylic acids is 1. The van der Waals surface area contributed by atoms with Crippen LogP contribution in [0.4, 0.5) is 0 Å². The zero-order chi connectivity index (χ0) is 25.3. The fourth-order valence-corrected chi connectivity index (χ4v) is 7.44. The molecule has 1 aromatic carbocycles. The van der Waals surface area contributed by atoms with E-state index in [-0.39, 0.29) is 18.2 Å². The zero-order valence-electron chi connectivity index (χ0n) is 21.3. The average molecular weight is 498 g/mol. The van der Waals surface area contributed by atoms with E-state index >= 15 is 0 Å². The number of ether oxygens (including phenoxy) is 4. The molecule has 0 bridgehead atoms. The molecule has 5 aliphatic rings. The molecular weight excluding hydrogens is 462 g/mol. The highest BCUT2D eigenvalue weighted by Gasteiger charge is 2.58. The lowest BCUT2D eigenvalue weighted by molar-refractivity contribution is -0.215. The van der Waals surface area contributed by atoms with Gasteiger partial charge in [0, 0.05) is 12.5 Å². The number of carbonyl (C=O) groups is 2. The summed E-state index contributed by atoms with van der Waals surface area (Å²) in [6.07, 6.45) is 6.18. The van der Waals surface area contributed by atoms with Crippen LogP contribution in [0.25, 0.3) is 0 Å². The number of aliphatic carboxylic acids is 1. The lowest BCUT2D eigenvalue weighted by Crippen LogP contribution is -2.54. The standard InChI is InChI=1S/C28H35NO7/c1-17-14-27-8-5-10-29(27)11-6-18-12-20-21(34-16-33-20)13-19(18)23(27)24(17)35-25(32)28(15-22(30)31)9-4-7-26(2,3)36-28/h12-14,23-24H,4-11,15-16H2,1-3H3,(H,30,31)/t23-,24?,27+,28-/m1/s1. The van der Waals surface area contributed by atoms with E-state index in [2.05, 4.69) is 23.1 Å². The van der Waals surface area contributed by atoms with Crippen molar-refractivity contribution >= 4 is 11.9 Å². The first-order chi connectivity index (χ1) is 17.1. The molecule has 194 valence electrons. The zero-order valence-corrected chi connectivity index (χ0v) is 21.3. The van der Waals surface area contributed by atoms with Crippen molar-refractivity contribution in [2.45, 2.75) is 94.5 Å². The SMILES string of the molecule is CC1=C[C@]23CCCN2CCc2cc4c(cc2[C@@H]3C1OC(=O)[C@]1(CC(=O)O)CCCC(C)(C)O1)OCO4. The van der Waals surface area contributed by atoms with Gasteiger partial charge in [-0.15, -0.1) is 0 Å². The van der Waals surface area contributed by atoms with Crippen LogP contribution in [0.15, 0.2) is 23.8 Å². The molecule has 8 heteroatoms. The van der Waals surface area contributed by atoms with E-state index in [1.165, 1.54) is 5.56 Å². The normalized spacial score (nSPS) is 34.2. The van der Waals surface area contributed by atoms with E-state index in [0.29, 0.717) is 12.8 Å². The minimum Gasteiger partial charge on any atom is -0.481 e. The highest BCUT2D eigenvalue weighted by atomic mass is 16.7. The molecule has 1 aliphatic carbocycles. The summed E-state index contributed by atoms with van der Waals surface area (Å²) in [6, 6.07) is 4.16. The van der Waals surface area contributed by atoms with Crippen LogP contribution in [0.3, 0.4) is 0 Å². The van der Waals surface area contributed by atoms with Crippen molar-refractivity contribution in [3.8, 4) is 11.5 Å². The summed E-state index contributed by atoms with van der Waals surface area (Å²) in [5.74, 6) is -0.240. The Morgan fingerprint density at radius 1 is 1.11 bits per heavy atom. The van der Waals surface area contributed by atoms with Gasteiger partial charge in [0.05, 0.1) is 17.6 Å². The second kappa shape index (κ2) is 8.21. The third-order valence-corrected chi connectivity index (χ3v) is 8.86. The van der Waals surface area contributed by atoms with E-state index < -0.39 is 35.7 Å². The molecule has 0 amide bonds. The summed E-state index contributed by atoms with van der Waals surface area (Å²) < 4.78 is 24.0. The largest absolute Gasteiger partial charge is 0.481 e. The van der Waals surface area contributed by atoms with E-state index in [0.717, 1.165) is 61.4 Å². The van der Waals surface area contributed by atoms with Gasteiger partial charge in [0.2, 0.25) is 6.79 Å². The van der Waals surface area contributed by atoms with Gasteiger partial charge in [-0.05, 0) is 94.7 Å². The number of carboxylic acids is 1. The lowest BCUT2D eigenvalue weighted by Gasteiger charge is -2.44. The van der Waals surface area contributed by atoms with Crippen molar-refractivity contribution in [3.05, 3.63) is 34.9 Å². The van der Waals surface area contributed by atoms with Gasteiger partial charge in [-0.25, -0.2) is 4.79 Å². The maximum atomic E-state index is 13.9. The van der Waals surface area contributed by atoms with Crippen LogP contribution < -0.4 is 9.47 Å². The topological polar surface area (TPSA) is 94.5 Å². The van der Waals surface area contributed by atoms with Crippen molar-refractivity contribution in [2.24, 2.45) is 0 Å². The molecule has 4 heterocycles. The smallest absolute Gasteiger partial charge is 0.339 e. The Morgan fingerprint density at radius 2 is 1.89 bits per heavy atom. The minimum absolute atomic E-state index is 0.102. The first kappa shape index (κ1) is 23.8. The van der Waals surface area contributed by atoms with E-state index in [1.54, 1.807) is 0 Å². The average Bonchev–Trinajstić information content (AvgIpc) is 3.46. The molecule has 0 saturated carbocycles. The summed E-state index contributed by atoms with van der Waals surface area (Å²) in [6.45, 7) is 7.98. The van der Waals surface area contributed by atoms with E-state index in [9.17, 15) is 14.7 Å². The monoisotopic (exact) mass is 497 g/mol. The number of carboxylic acid groups (broad SMARTS) is 1. The third kappa shape index (κ3) is 3.64. The van der Waals surface area contributed by atoms with Crippen LogP contribution >= 0.6 is 0 Å². The molecule has 2 saturated heterocycles. The summed E-state index contributed by atoms with van der Waals surface area (Å²) >= 11 is 0. The predicted molar refractivity (Wildman–Crippen MR) is 130 cm³/mol. The van der Waals surface area contributed by atoms with E-state index in [1.807, 2.05) is 20.8 Å². The van der Waals surface area contributed by atoms with Crippen LogP contribution in [0.1, 0.15) is 76.3 Å². The fraction of sp³-hybridized carbons (Fsp3) is 0.643. The van der Waals surface area contributed by atoms with Crippen LogP contribution in [0.2, 0.25) is 0 Å². The Kier molecular flexibility index (Phi) is 5.43. The van der Waals surface area contributed by atoms with Crippen LogP contribution in [0, 0.1) is 0 Å². The molecule has 1 unspecified atom stereocenters. The van der Waals surface area contributed by atoms with Gasteiger partial charge in [-0.1, -0.05) is 6.08 Å². The van der Waals surface area contributed by atoms with Crippen molar-refractivity contribution in [1.29, 1.82) is 0 Å². The second-order valence-electron chi connectivity index (χ2n) is 11.7. The molecule has 4 aliphatic heterocycles. The highest BCUT2D eigenvalue weighted by Crippen LogP contribution is 2.55. The van der Waals surface area contributed by atoms with Crippen LogP contribution in [0.5, 0.6) is 11.5 Å². The summed E-state index contributed by atoms with van der Waals surface area (Å²) in [5, 5.41) is 9.70. The Morgan fingerprint density at radius 3 is 2.64 bits per heavy atom. The molecule has 8 nitrogen and oxygen atoms in total. The Hall–Kier alpha value is -2.58. The Balaban J connectivity index is 1.40. The van der Waals surface area contributed by atoms with Crippen LogP contribution in [-0.4, -0.2) is 64.7 Å². The molecule has 4 atom stereocenters. The van der Waals surface area contributed by atoms with E-state index in [4.69, 9.17) is 18.9 Å². The predicted octanol–water partition coefficient (Wildman–Crippen LogP) is 3.95. The van der Waals surface area contributed by atoms with Gasteiger partial charge in [-0.2, -0.15) is 0 Å². The maximum absolute atomic E-state index is 13.9. The maximum Gasteiger partial charge on any atom is 0.339 e. The highest BCUT2D eigenvalue weighted by molar-refractivity contribution is 5.86. The lowest BCUT2D eigenvalue weighted by atomic mass is 9.77.